The monoisotopic (exact) mass is 421 g/mol. The Labute approximate surface area is 171 Å². The molecule has 4 nitrogen and oxygen atoms in total. The van der Waals surface area contributed by atoms with E-state index in [9.17, 15) is 18.0 Å². The van der Waals surface area contributed by atoms with E-state index in [0.29, 0.717) is 28.2 Å². The lowest BCUT2D eigenvalue weighted by atomic mass is 10.1. The molecule has 0 aliphatic heterocycles. The van der Waals surface area contributed by atoms with Crippen molar-refractivity contribution in [3.63, 3.8) is 0 Å². The smallest absolute Gasteiger partial charge is 0.348 e. The molecule has 154 valence electrons. The topological polar surface area (TPSA) is 45.2 Å². The van der Waals surface area contributed by atoms with Gasteiger partial charge in [-0.1, -0.05) is 30.3 Å². The molecule has 0 saturated heterocycles. The van der Waals surface area contributed by atoms with Crippen molar-refractivity contribution in [1.82, 2.24) is 15.2 Å². The molecule has 0 spiro atoms. The summed E-state index contributed by atoms with van der Waals surface area (Å²) in [6.07, 6.45) is -3.78. The lowest BCUT2D eigenvalue weighted by Crippen LogP contribution is -2.35. The predicted molar refractivity (Wildman–Crippen MR) is 109 cm³/mol. The summed E-state index contributed by atoms with van der Waals surface area (Å²) >= 11 is 1.32. The van der Waals surface area contributed by atoms with Crippen molar-refractivity contribution < 1.29 is 18.0 Å². The SMILES string of the molecule is CN(C)CC(NC(=O)CCc1nc2cc(C(F)(F)F)ccc2s1)c1ccccc1. The Kier molecular flexibility index (Phi) is 6.54. The van der Waals surface area contributed by atoms with E-state index in [1.54, 1.807) is 0 Å². The third-order valence-electron chi connectivity index (χ3n) is 4.41. The number of nitrogens with one attached hydrogen (secondary N) is 1. The summed E-state index contributed by atoms with van der Waals surface area (Å²) in [5.41, 5.74) is 0.623. The first-order chi connectivity index (χ1) is 13.7. The molecule has 0 fully saturated rings. The molecule has 1 N–H and O–H groups in total. The van der Waals surface area contributed by atoms with Crippen LogP contribution in [-0.2, 0) is 17.4 Å². The van der Waals surface area contributed by atoms with Gasteiger partial charge in [-0.2, -0.15) is 13.2 Å². The molecule has 0 saturated carbocycles. The van der Waals surface area contributed by atoms with Crippen LogP contribution in [-0.4, -0.2) is 36.4 Å². The highest BCUT2D eigenvalue weighted by molar-refractivity contribution is 7.18. The fourth-order valence-corrected chi connectivity index (χ4v) is 3.98. The van der Waals surface area contributed by atoms with Crippen molar-refractivity contribution in [3.8, 4) is 0 Å². The van der Waals surface area contributed by atoms with Crippen molar-refractivity contribution in [3.05, 3.63) is 64.7 Å². The number of thiazole rings is 1. The second kappa shape index (κ2) is 8.92. The van der Waals surface area contributed by atoms with E-state index in [1.165, 1.54) is 17.4 Å². The molecule has 1 unspecified atom stereocenters. The summed E-state index contributed by atoms with van der Waals surface area (Å²) in [6.45, 7) is 0.664. The minimum atomic E-state index is -4.39. The fraction of sp³-hybridized carbons (Fsp3) is 0.333. The fourth-order valence-electron chi connectivity index (χ4n) is 3.03. The number of likely N-dealkylation sites (N-methyl/N-ethyl adjacent to an activating group) is 1. The third-order valence-corrected chi connectivity index (χ3v) is 5.51. The number of aryl methyl sites for hydroxylation is 1. The zero-order valence-electron chi connectivity index (χ0n) is 16.2. The summed E-state index contributed by atoms with van der Waals surface area (Å²) < 4.78 is 39.2. The molecule has 2 aromatic carbocycles. The maximum Gasteiger partial charge on any atom is 0.416 e. The highest BCUT2D eigenvalue weighted by Crippen LogP contribution is 2.33. The van der Waals surface area contributed by atoms with Gasteiger partial charge in [0.1, 0.15) is 0 Å². The molecule has 1 heterocycles. The Bertz CT molecular complexity index is 970. The van der Waals surface area contributed by atoms with E-state index >= 15 is 0 Å². The normalized spacial score (nSPS) is 13.0. The molecular weight excluding hydrogens is 399 g/mol. The number of carbonyl (C=O) groups is 1. The largest absolute Gasteiger partial charge is 0.416 e. The molecule has 3 aromatic rings. The van der Waals surface area contributed by atoms with Gasteiger partial charge >= 0.3 is 6.18 Å². The van der Waals surface area contributed by atoms with Gasteiger partial charge in [0.05, 0.1) is 26.8 Å². The van der Waals surface area contributed by atoms with Gasteiger partial charge in [-0.3, -0.25) is 4.79 Å². The second-order valence-corrected chi connectivity index (χ2v) is 8.20. The molecule has 0 bridgehead atoms. The Morgan fingerprint density at radius 3 is 2.55 bits per heavy atom. The summed E-state index contributed by atoms with van der Waals surface area (Å²) in [5.74, 6) is -0.115. The van der Waals surface area contributed by atoms with Crippen LogP contribution in [0.5, 0.6) is 0 Å². The number of hydrogen-bond donors (Lipinski definition) is 1. The van der Waals surface area contributed by atoms with Crippen molar-refractivity contribution in [2.75, 3.05) is 20.6 Å². The van der Waals surface area contributed by atoms with Gasteiger partial charge in [0.15, 0.2) is 0 Å². The first-order valence-corrected chi connectivity index (χ1v) is 10.00. The van der Waals surface area contributed by atoms with Crippen LogP contribution < -0.4 is 5.32 Å². The van der Waals surface area contributed by atoms with Crippen LogP contribution in [0.15, 0.2) is 48.5 Å². The number of rotatable bonds is 7. The average Bonchev–Trinajstić information content (AvgIpc) is 3.08. The first kappa shape index (κ1) is 21.3. The number of hydrogen-bond acceptors (Lipinski definition) is 4. The van der Waals surface area contributed by atoms with Crippen LogP contribution in [0.3, 0.4) is 0 Å². The number of halogens is 3. The highest BCUT2D eigenvalue weighted by atomic mass is 32.1. The number of aromatic nitrogens is 1. The molecule has 1 amide bonds. The summed E-state index contributed by atoms with van der Waals surface area (Å²) in [6, 6.07) is 13.1. The standard InChI is InChI=1S/C21H22F3N3OS/c1-27(2)13-17(14-6-4-3-5-7-14)25-19(28)10-11-20-26-16-12-15(21(22,23)24)8-9-18(16)29-20/h3-9,12,17H,10-11,13H2,1-2H3,(H,25,28). The lowest BCUT2D eigenvalue weighted by Gasteiger charge is -2.22. The van der Waals surface area contributed by atoms with Gasteiger partial charge < -0.3 is 10.2 Å². The maximum atomic E-state index is 12.8. The van der Waals surface area contributed by atoms with Crippen LogP contribution in [0.1, 0.15) is 28.6 Å². The lowest BCUT2D eigenvalue weighted by molar-refractivity contribution is -0.137. The number of nitrogens with zero attached hydrogens (tertiary/aromatic N) is 2. The molecule has 8 heteroatoms. The zero-order valence-corrected chi connectivity index (χ0v) is 17.0. The molecule has 1 atom stereocenters. The number of benzene rings is 2. The Morgan fingerprint density at radius 2 is 1.90 bits per heavy atom. The van der Waals surface area contributed by atoms with Crippen LogP contribution >= 0.6 is 11.3 Å². The summed E-state index contributed by atoms with van der Waals surface area (Å²) in [5, 5.41) is 3.70. The van der Waals surface area contributed by atoms with Gasteiger partial charge in [-0.25, -0.2) is 4.98 Å². The van der Waals surface area contributed by atoms with E-state index in [0.717, 1.165) is 17.7 Å². The molecule has 0 aliphatic carbocycles. The molecule has 0 aliphatic rings. The minimum Gasteiger partial charge on any atom is -0.348 e. The minimum absolute atomic E-state index is 0.115. The highest BCUT2D eigenvalue weighted by Gasteiger charge is 2.30. The molecular formula is C21H22F3N3OS. The van der Waals surface area contributed by atoms with Crippen LogP contribution in [0, 0.1) is 0 Å². The Morgan fingerprint density at radius 1 is 1.17 bits per heavy atom. The second-order valence-electron chi connectivity index (χ2n) is 7.08. The van der Waals surface area contributed by atoms with Gasteiger partial charge in [-0.15, -0.1) is 11.3 Å². The van der Waals surface area contributed by atoms with Gasteiger partial charge in [-0.05, 0) is 37.9 Å². The molecule has 3 rings (SSSR count). The van der Waals surface area contributed by atoms with E-state index in [-0.39, 0.29) is 18.4 Å². The summed E-state index contributed by atoms with van der Waals surface area (Å²) in [7, 11) is 3.89. The van der Waals surface area contributed by atoms with Crippen LogP contribution in [0.2, 0.25) is 0 Å². The molecule has 0 radical (unpaired) electrons. The number of carbonyl (C=O) groups excluding carboxylic acids is 1. The maximum absolute atomic E-state index is 12.8. The van der Waals surface area contributed by atoms with Crippen molar-refractivity contribution >= 4 is 27.5 Å². The predicted octanol–water partition coefficient (Wildman–Crippen LogP) is 4.67. The van der Waals surface area contributed by atoms with E-state index in [2.05, 4.69) is 10.3 Å². The van der Waals surface area contributed by atoms with Crippen LogP contribution in [0.4, 0.5) is 13.2 Å². The zero-order chi connectivity index (χ0) is 21.0. The third kappa shape index (κ3) is 5.77. The van der Waals surface area contributed by atoms with E-state index < -0.39 is 11.7 Å². The molecule has 1 aromatic heterocycles. The quantitative estimate of drug-likeness (QED) is 0.603. The van der Waals surface area contributed by atoms with E-state index in [1.807, 2.05) is 49.3 Å². The van der Waals surface area contributed by atoms with Crippen molar-refractivity contribution in [2.45, 2.75) is 25.1 Å². The number of alkyl halides is 3. The van der Waals surface area contributed by atoms with Gasteiger partial charge in [0.25, 0.3) is 0 Å². The van der Waals surface area contributed by atoms with E-state index in [4.69, 9.17) is 0 Å². The van der Waals surface area contributed by atoms with Crippen LogP contribution in [0.25, 0.3) is 10.2 Å². The molecule has 29 heavy (non-hydrogen) atoms. The summed E-state index contributed by atoms with van der Waals surface area (Å²) in [4.78, 5) is 18.8. The van der Waals surface area contributed by atoms with Crippen molar-refractivity contribution in [1.29, 1.82) is 0 Å². The average molecular weight is 421 g/mol. The van der Waals surface area contributed by atoms with Gasteiger partial charge in [0.2, 0.25) is 5.91 Å². The number of fused-ring (bicyclic) bond motifs is 1. The number of amides is 1. The Balaban J connectivity index is 1.64. The van der Waals surface area contributed by atoms with Crippen molar-refractivity contribution in [2.24, 2.45) is 0 Å². The first-order valence-electron chi connectivity index (χ1n) is 9.18. The Hall–Kier alpha value is -2.45. The van der Waals surface area contributed by atoms with Gasteiger partial charge in [0, 0.05) is 19.4 Å².